The number of sulfonamides is 1. The first-order valence-electron chi connectivity index (χ1n) is 10.1. The summed E-state index contributed by atoms with van der Waals surface area (Å²) >= 11 is 1.55. The largest absolute Gasteiger partial charge is 0.490 e. The maximum Gasteiger partial charge on any atom is 0.242 e. The van der Waals surface area contributed by atoms with E-state index in [1.807, 2.05) is 24.4 Å². The predicted molar refractivity (Wildman–Crippen MR) is 123 cm³/mol. The standard InChI is InChI=1S/C22H23N3O5S2/c1-14(22(26)24-17-6-3-5-16(11-17)19-13-31-15(2)23-19)25-32(27,28)18-7-8-20-21(12-18)30-10-4-9-29-20/h3,5-8,11-14,25H,4,9-10H2,1-2H3,(H,24,26)/t14-/m0/s1. The Hall–Kier alpha value is -2.95. The van der Waals surface area contributed by atoms with Crippen LogP contribution in [0.25, 0.3) is 11.3 Å². The van der Waals surface area contributed by atoms with Gasteiger partial charge in [-0.3, -0.25) is 4.79 Å². The molecule has 2 aromatic carbocycles. The smallest absolute Gasteiger partial charge is 0.242 e. The second-order valence-corrected chi connectivity index (χ2v) is 10.1. The van der Waals surface area contributed by atoms with Gasteiger partial charge in [-0.2, -0.15) is 4.72 Å². The van der Waals surface area contributed by atoms with Crippen molar-refractivity contribution in [3.63, 3.8) is 0 Å². The number of thiazole rings is 1. The van der Waals surface area contributed by atoms with Crippen LogP contribution in [0.3, 0.4) is 0 Å². The van der Waals surface area contributed by atoms with Crippen molar-refractivity contribution in [3.8, 4) is 22.8 Å². The van der Waals surface area contributed by atoms with Crippen LogP contribution >= 0.6 is 11.3 Å². The molecule has 0 saturated carbocycles. The molecule has 0 radical (unpaired) electrons. The normalized spacial score (nSPS) is 14.4. The van der Waals surface area contributed by atoms with E-state index in [1.165, 1.54) is 19.1 Å². The number of hydrogen-bond acceptors (Lipinski definition) is 7. The molecule has 0 bridgehead atoms. The summed E-state index contributed by atoms with van der Waals surface area (Å²) in [5, 5.41) is 5.65. The van der Waals surface area contributed by atoms with Crippen molar-refractivity contribution in [1.82, 2.24) is 9.71 Å². The first kappa shape index (κ1) is 22.3. The molecular formula is C22H23N3O5S2. The number of carbonyl (C=O) groups is 1. The Labute approximate surface area is 190 Å². The SMILES string of the molecule is Cc1nc(-c2cccc(NC(=O)[C@H](C)NS(=O)(=O)c3ccc4c(c3)OCCCO4)c2)cs1. The van der Waals surface area contributed by atoms with Gasteiger partial charge in [0.1, 0.15) is 0 Å². The van der Waals surface area contributed by atoms with Crippen LogP contribution in [0.2, 0.25) is 0 Å². The fraction of sp³-hybridized carbons (Fsp3) is 0.273. The van der Waals surface area contributed by atoms with E-state index in [0.29, 0.717) is 30.4 Å². The van der Waals surface area contributed by atoms with E-state index in [1.54, 1.807) is 29.5 Å². The number of nitrogens with one attached hydrogen (secondary N) is 2. The number of anilines is 1. The van der Waals surface area contributed by atoms with Gasteiger partial charge >= 0.3 is 0 Å². The van der Waals surface area contributed by atoms with Gasteiger partial charge < -0.3 is 14.8 Å². The summed E-state index contributed by atoms with van der Waals surface area (Å²) in [6, 6.07) is 10.7. The Morgan fingerprint density at radius 2 is 1.91 bits per heavy atom. The van der Waals surface area contributed by atoms with Gasteiger partial charge in [0.05, 0.1) is 34.9 Å². The van der Waals surface area contributed by atoms with E-state index >= 15 is 0 Å². The summed E-state index contributed by atoms with van der Waals surface area (Å²) in [5.41, 5.74) is 2.25. The number of fused-ring (bicyclic) bond motifs is 1. The maximum absolute atomic E-state index is 12.8. The first-order chi connectivity index (χ1) is 15.3. The van der Waals surface area contributed by atoms with Crippen LogP contribution in [0, 0.1) is 6.92 Å². The Morgan fingerprint density at radius 3 is 2.66 bits per heavy atom. The summed E-state index contributed by atoms with van der Waals surface area (Å²) in [6.07, 6.45) is 0.718. The fourth-order valence-electron chi connectivity index (χ4n) is 3.17. The molecule has 0 fully saturated rings. The number of carbonyl (C=O) groups excluding carboxylic acids is 1. The topological polar surface area (TPSA) is 107 Å². The lowest BCUT2D eigenvalue weighted by molar-refractivity contribution is -0.117. The molecule has 8 nitrogen and oxygen atoms in total. The van der Waals surface area contributed by atoms with Crippen LogP contribution in [-0.4, -0.2) is 38.6 Å². The minimum absolute atomic E-state index is 0.00213. The van der Waals surface area contributed by atoms with Gasteiger partial charge in [-0.05, 0) is 38.1 Å². The summed E-state index contributed by atoms with van der Waals surface area (Å²) in [5.74, 6) is 0.397. The molecule has 32 heavy (non-hydrogen) atoms. The average Bonchev–Trinajstić information content (AvgIpc) is 3.06. The molecule has 0 unspecified atom stereocenters. The highest BCUT2D eigenvalue weighted by atomic mass is 32.2. The highest BCUT2D eigenvalue weighted by molar-refractivity contribution is 7.89. The lowest BCUT2D eigenvalue weighted by atomic mass is 10.1. The Kier molecular flexibility index (Phi) is 6.45. The Balaban J connectivity index is 1.45. The van der Waals surface area contributed by atoms with Crippen LogP contribution < -0.4 is 19.5 Å². The molecule has 0 aliphatic carbocycles. The van der Waals surface area contributed by atoms with Crippen molar-refractivity contribution < 1.29 is 22.7 Å². The van der Waals surface area contributed by atoms with Crippen molar-refractivity contribution >= 4 is 33.0 Å². The number of aromatic nitrogens is 1. The molecule has 4 rings (SSSR count). The monoisotopic (exact) mass is 473 g/mol. The van der Waals surface area contributed by atoms with E-state index in [2.05, 4.69) is 15.0 Å². The second-order valence-electron chi connectivity index (χ2n) is 7.32. The van der Waals surface area contributed by atoms with Gasteiger partial charge in [-0.1, -0.05) is 12.1 Å². The molecule has 10 heteroatoms. The highest BCUT2D eigenvalue weighted by Gasteiger charge is 2.24. The zero-order valence-electron chi connectivity index (χ0n) is 17.6. The number of ether oxygens (including phenoxy) is 2. The van der Waals surface area contributed by atoms with Crippen LogP contribution in [0.1, 0.15) is 18.4 Å². The molecule has 1 aromatic heterocycles. The van der Waals surface area contributed by atoms with Gasteiger partial charge in [-0.15, -0.1) is 11.3 Å². The van der Waals surface area contributed by atoms with Gasteiger partial charge in [-0.25, -0.2) is 13.4 Å². The molecule has 2 N–H and O–H groups in total. The van der Waals surface area contributed by atoms with Crippen molar-refractivity contribution in [2.24, 2.45) is 0 Å². The molecule has 2 heterocycles. The summed E-state index contributed by atoms with van der Waals surface area (Å²) < 4.78 is 39.2. The number of nitrogens with zero attached hydrogens (tertiary/aromatic N) is 1. The second kappa shape index (κ2) is 9.27. The van der Waals surface area contributed by atoms with Crippen LogP contribution in [0.4, 0.5) is 5.69 Å². The molecule has 1 aliphatic heterocycles. The average molecular weight is 474 g/mol. The minimum Gasteiger partial charge on any atom is -0.490 e. The molecule has 1 aliphatic rings. The minimum atomic E-state index is -3.95. The van der Waals surface area contributed by atoms with Crippen molar-refractivity contribution in [1.29, 1.82) is 0 Å². The third-order valence-corrected chi connectivity index (χ3v) is 7.11. The van der Waals surface area contributed by atoms with Gasteiger partial charge in [0.2, 0.25) is 15.9 Å². The Morgan fingerprint density at radius 1 is 1.12 bits per heavy atom. The predicted octanol–water partition coefficient (Wildman–Crippen LogP) is 3.59. The zero-order chi connectivity index (χ0) is 22.7. The molecule has 168 valence electrons. The van der Waals surface area contributed by atoms with Crippen molar-refractivity contribution in [2.75, 3.05) is 18.5 Å². The molecule has 3 aromatic rings. The molecular weight excluding hydrogens is 450 g/mol. The van der Waals surface area contributed by atoms with Gasteiger partial charge in [0.25, 0.3) is 0 Å². The molecule has 0 saturated heterocycles. The third kappa shape index (κ3) is 5.09. The number of benzene rings is 2. The highest BCUT2D eigenvalue weighted by Crippen LogP contribution is 2.32. The fourth-order valence-corrected chi connectivity index (χ4v) is 5.01. The number of aryl methyl sites for hydroxylation is 1. The van der Waals surface area contributed by atoms with Crippen LogP contribution in [-0.2, 0) is 14.8 Å². The maximum atomic E-state index is 12.8. The van der Waals surface area contributed by atoms with E-state index < -0.39 is 22.0 Å². The van der Waals surface area contributed by atoms with Crippen LogP contribution in [0.5, 0.6) is 11.5 Å². The molecule has 1 amide bonds. The number of rotatable bonds is 6. The first-order valence-corrected chi connectivity index (χ1v) is 12.4. The number of hydrogen-bond donors (Lipinski definition) is 2. The molecule has 1 atom stereocenters. The van der Waals surface area contributed by atoms with Crippen molar-refractivity contribution in [3.05, 3.63) is 52.9 Å². The lowest BCUT2D eigenvalue weighted by Crippen LogP contribution is -2.41. The third-order valence-electron chi connectivity index (χ3n) is 4.80. The quantitative estimate of drug-likeness (QED) is 0.567. The lowest BCUT2D eigenvalue weighted by Gasteiger charge is -2.16. The van der Waals surface area contributed by atoms with E-state index in [9.17, 15) is 13.2 Å². The van der Waals surface area contributed by atoms with E-state index in [4.69, 9.17) is 9.47 Å². The Bertz CT molecular complexity index is 1240. The molecule has 0 spiro atoms. The summed E-state index contributed by atoms with van der Waals surface area (Å²) in [4.78, 5) is 17.1. The van der Waals surface area contributed by atoms with E-state index in [0.717, 1.165) is 22.7 Å². The van der Waals surface area contributed by atoms with Crippen LogP contribution in [0.15, 0.2) is 52.7 Å². The zero-order valence-corrected chi connectivity index (χ0v) is 19.3. The number of amides is 1. The van der Waals surface area contributed by atoms with Crippen molar-refractivity contribution in [2.45, 2.75) is 31.2 Å². The summed E-state index contributed by atoms with van der Waals surface area (Å²) in [7, 11) is -3.95. The van der Waals surface area contributed by atoms with Gasteiger partial charge in [0, 0.05) is 29.1 Å². The summed E-state index contributed by atoms with van der Waals surface area (Å²) in [6.45, 7) is 4.38. The van der Waals surface area contributed by atoms with E-state index in [-0.39, 0.29) is 4.90 Å². The van der Waals surface area contributed by atoms with Gasteiger partial charge in [0.15, 0.2) is 11.5 Å².